The van der Waals surface area contributed by atoms with Crippen LogP contribution in [0.15, 0.2) is 115 Å². The number of rotatable bonds is 21. The van der Waals surface area contributed by atoms with E-state index in [0.717, 1.165) is 18.4 Å². The highest BCUT2D eigenvalue weighted by atomic mass is 32.1. The normalized spacial score (nSPS) is 10.8. The van der Waals surface area contributed by atoms with Gasteiger partial charge in [-0.15, -0.1) is 0 Å². The number of benzene rings is 4. The molecule has 0 spiro atoms. The van der Waals surface area contributed by atoms with Crippen molar-refractivity contribution in [3.63, 3.8) is 0 Å². The highest BCUT2D eigenvalue weighted by Gasteiger charge is 2.44. The van der Waals surface area contributed by atoms with Crippen LogP contribution in [0.5, 0.6) is 5.75 Å². The third kappa shape index (κ3) is 14.4. The van der Waals surface area contributed by atoms with Crippen molar-refractivity contribution in [2.75, 3.05) is 19.8 Å². The Morgan fingerprint density at radius 2 is 1.02 bits per heavy atom. The Morgan fingerprint density at radius 1 is 0.577 bits per heavy atom. The summed E-state index contributed by atoms with van der Waals surface area (Å²) in [6, 6.07) is 40.6. The van der Waals surface area contributed by atoms with Crippen molar-refractivity contribution in [3.05, 3.63) is 121 Å². The van der Waals surface area contributed by atoms with Gasteiger partial charge in [-0.1, -0.05) is 105 Å². The summed E-state index contributed by atoms with van der Waals surface area (Å²) < 4.78 is 9.73. The molecule has 0 aliphatic carbocycles. The molecule has 0 atom stereocenters. The van der Waals surface area contributed by atoms with Crippen LogP contribution in [0.3, 0.4) is 0 Å². The Balaban J connectivity index is 0.000000636. The Bertz CT molecular complexity index is 1520. The molecule has 0 saturated carbocycles. The third-order valence-corrected chi connectivity index (χ3v) is 13.7. The molecule has 0 amide bonds. The van der Waals surface area contributed by atoms with Gasteiger partial charge >= 0.3 is 11.9 Å². The van der Waals surface area contributed by atoms with Crippen LogP contribution in [0.4, 0.5) is 0 Å². The SMILES string of the molecule is COC(=O)CCC(=O)CN.NC(=S)c1ccc(OC(=O)CCCCCCCCCCC[P+](c2ccccc2)(c2ccccc2)c2ccccc2)cc1. The molecule has 52 heavy (non-hydrogen) atoms. The average Bonchev–Trinajstić information content (AvgIpc) is 3.18. The van der Waals surface area contributed by atoms with E-state index in [1.54, 1.807) is 24.3 Å². The summed E-state index contributed by atoms with van der Waals surface area (Å²) >= 11 is 4.96. The molecule has 4 aromatic rings. The smallest absolute Gasteiger partial charge is 0.311 e. The minimum Gasteiger partial charge on any atom is -0.469 e. The number of hydrogen-bond acceptors (Lipinski definition) is 7. The van der Waals surface area contributed by atoms with Crippen molar-refractivity contribution in [2.45, 2.75) is 77.0 Å². The zero-order valence-corrected chi connectivity index (χ0v) is 32.1. The lowest BCUT2D eigenvalue weighted by Crippen LogP contribution is -2.33. The van der Waals surface area contributed by atoms with Crippen molar-refractivity contribution in [2.24, 2.45) is 11.5 Å². The van der Waals surface area contributed by atoms with Gasteiger partial charge in [0.25, 0.3) is 0 Å². The molecule has 0 fully saturated rings. The van der Waals surface area contributed by atoms with Gasteiger partial charge in [-0.3, -0.25) is 14.4 Å². The standard InChI is InChI=1S/C37H42NO2PS.C6H11NO3/c38-37(42)31-26-28-32(29-27-31)40-36(39)25-17-6-4-2-1-3-5-7-18-30-41(33-19-11-8-12-20-33,34-21-13-9-14-22-34)35-23-15-10-16-24-35;1-10-6(9)3-2-5(8)4-7/h8-16,19-24,26-29H,1-7,17-18,25,30H2,(H-,38,42);2-4,7H2,1H3/p+1. The van der Waals surface area contributed by atoms with Crippen LogP contribution in [-0.4, -0.2) is 42.5 Å². The van der Waals surface area contributed by atoms with Crippen molar-refractivity contribution >= 4 is 58.1 Å². The number of carbonyl (C=O) groups is 3. The molecular formula is C43H54N2O5PS+. The predicted octanol–water partition coefficient (Wildman–Crippen LogP) is 7.59. The van der Waals surface area contributed by atoms with E-state index in [1.165, 1.54) is 74.1 Å². The first-order valence-corrected chi connectivity index (χ1v) is 20.6. The van der Waals surface area contributed by atoms with Gasteiger partial charge < -0.3 is 20.9 Å². The number of ketones is 1. The lowest BCUT2D eigenvalue weighted by atomic mass is 10.1. The summed E-state index contributed by atoms with van der Waals surface area (Å²) in [5.74, 6) is -0.138. The van der Waals surface area contributed by atoms with E-state index in [-0.39, 0.29) is 37.1 Å². The minimum absolute atomic E-state index is 0.00298. The van der Waals surface area contributed by atoms with E-state index >= 15 is 0 Å². The number of carbonyl (C=O) groups excluding carboxylic acids is 3. The lowest BCUT2D eigenvalue weighted by molar-refractivity contribution is -0.141. The number of unbranched alkanes of at least 4 members (excludes halogenated alkanes) is 8. The number of methoxy groups -OCH3 is 1. The molecule has 0 unspecified atom stereocenters. The number of ether oxygens (including phenoxy) is 2. The molecule has 9 heteroatoms. The van der Waals surface area contributed by atoms with E-state index in [4.69, 9.17) is 28.4 Å². The van der Waals surface area contributed by atoms with Crippen LogP contribution >= 0.6 is 19.5 Å². The molecule has 4 rings (SSSR count). The molecule has 4 aromatic carbocycles. The number of nitrogens with two attached hydrogens (primary N) is 2. The van der Waals surface area contributed by atoms with Crippen molar-refractivity contribution in [3.8, 4) is 5.75 Å². The first-order valence-electron chi connectivity index (χ1n) is 18.2. The summed E-state index contributed by atoms with van der Waals surface area (Å²) in [5, 5.41) is 4.42. The van der Waals surface area contributed by atoms with Gasteiger partial charge in [-0.05, 0) is 79.9 Å². The molecule has 0 saturated heterocycles. The van der Waals surface area contributed by atoms with E-state index in [1.807, 2.05) is 0 Å². The molecule has 0 aliphatic rings. The summed E-state index contributed by atoms with van der Waals surface area (Å²) in [4.78, 5) is 33.4. The van der Waals surface area contributed by atoms with Crippen molar-refractivity contribution in [1.82, 2.24) is 0 Å². The number of thiocarbonyl (C=S) groups is 1. The van der Waals surface area contributed by atoms with E-state index in [2.05, 4.69) is 95.7 Å². The zero-order chi connectivity index (χ0) is 37.4. The maximum Gasteiger partial charge on any atom is 0.311 e. The molecule has 0 heterocycles. The van der Waals surface area contributed by atoms with Crippen LogP contribution in [0.25, 0.3) is 0 Å². The summed E-state index contributed by atoms with van der Waals surface area (Å²) in [5.41, 5.74) is 11.4. The van der Waals surface area contributed by atoms with E-state index in [0.29, 0.717) is 17.2 Å². The molecule has 276 valence electrons. The molecule has 0 bridgehead atoms. The first-order chi connectivity index (χ1) is 25.3. The fraction of sp³-hybridized carbons (Fsp3) is 0.349. The fourth-order valence-corrected chi connectivity index (χ4v) is 10.6. The largest absolute Gasteiger partial charge is 0.469 e. The van der Waals surface area contributed by atoms with Crippen LogP contribution in [0, 0.1) is 0 Å². The second kappa shape index (κ2) is 24.1. The van der Waals surface area contributed by atoms with E-state index in [9.17, 15) is 14.4 Å². The first kappa shape index (κ1) is 42.2. The molecule has 0 radical (unpaired) electrons. The second-order valence-electron chi connectivity index (χ2n) is 12.7. The van der Waals surface area contributed by atoms with Crippen LogP contribution in [-0.2, 0) is 19.1 Å². The average molecular weight is 742 g/mol. The number of hydrogen-bond donors (Lipinski definition) is 2. The summed E-state index contributed by atoms with van der Waals surface area (Å²) in [6.45, 7) is -0.00298. The van der Waals surface area contributed by atoms with Gasteiger partial charge in [0.1, 0.15) is 39.7 Å². The minimum atomic E-state index is -1.71. The summed E-state index contributed by atoms with van der Waals surface area (Å²) in [7, 11) is -0.425. The third-order valence-electron chi connectivity index (χ3n) is 8.90. The van der Waals surface area contributed by atoms with E-state index < -0.39 is 7.26 Å². The van der Waals surface area contributed by atoms with Crippen LogP contribution in [0.1, 0.15) is 82.6 Å². The lowest BCUT2D eigenvalue weighted by Gasteiger charge is -2.27. The Morgan fingerprint density at radius 3 is 1.44 bits per heavy atom. The maximum absolute atomic E-state index is 12.1. The van der Waals surface area contributed by atoms with Crippen LogP contribution < -0.4 is 32.1 Å². The molecule has 4 N–H and O–H groups in total. The van der Waals surface area contributed by atoms with Gasteiger partial charge in [0.05, 0.1) is 26.2 Å². The number of Topliss-reactive ketones (excluding diaryl/α,β-unsaturated/α-hetero) is 1. The zero-order valence-electron chi connectivity index (χ0n) is 30.4. The molecule has 0 aliphatic heterocycles. The second-order valence-corrected chi connectivity index (χ2v) is 16.7. The monoisotopic (exact) mass is 741 g/mol. The van der Waals surface area contributed by atoms with Gasteiger partial charge in [0.15, 0.2) is 0 Å². The maximum atomic E-state index is 12.1. The number of esters is 2. The van der Waals surface area contributed by atoms with Crippen LogP contribution in [0.2, 0.25) is 0 Å². The highest BCUT2D eigenvalue weighted by molar-refractivity contribution is 7.95. The summed E-state index contributed by atoms with van der Waals surface area (Å²) in [6.07, 6.45) is 12.6. The van der Waals surface area contributed by atoms with Crippen molar-refractivity contribution < 1.29 is 23.9 Å². The van der Waals surface area contributed by atoms with Crippen molar-refractivity contribution in [1.29, 1.82) is 0 Å². The molecular weight excluding hydrogens is 688 g/mol. The predicted molar refractivity (Wildman–Crippen MR) is 219 cm³/mol. The Labute approximate surface area is 315 Å². The topological polar surface area (TPSA) is 122 Å². The fourth-order valence-electron chi connectivity index (χ4n) is 6.05. The Hall–Kier alpha value is -4.23. The molecule has 0 aromatic heterocycles. The van der Waals surface area contributed by atoms with Gasteiger partial charge in [-0.2, -0.15) is 0 Å². The highest BCUT2D eigenvalue weighted by Crippen LogP contribution is 2.56. The quantitative estimate of drug-likeness (QED) is 0.0295. The van der Waals surface area contributed by atoms with Gasteiger partial charge in [-0.25, -0.2) is 0 Å². The van der Waals surface area contributed by atoms with Gasteiger partial charge in [0.2, 0.25) is 0 Å². The Kier molecular flexibility index (Phi) is 19.5. The molecule has 7 nitrogen and oxygen atoms in total. The van der Waals surface area contributed by atoms with Gasteiger partial charge in [0, 0.05) is 18.4 Å².